The maximum Gasteiger partial charge on any atom is 0.436 e. The molecule has 1 N–H and O–H groups in total. The number of amides is 1. The highest BCUT2D eigenvalue weighted by atomic mass is 35.5. The van der Waals surface area contributed by atoms with Crippen LogP contribution >= 0.6 is 23.2 Å². The number of ether oxygens (including phenoxy) is 1. The number of nitrogens with one attached hydrogen (secondary N) is 1. The quantitative estimate of drug-likeness (QED) is 0.313. The first-order chi connectivity index (χ1) is 16.6. The fourth-order valence-electron chi connectivity index (χ4n) is 3.71. The molecule has 1 fully saturated rings. The standard InChI is InChI=1S/C25H24Cl2F3N3O2/c1-15-13-19(9-10-20(15)26)35-14-16-3-5-18(6-4-16)24(34)31-11-2-12-33-22(17-7-8-17)21(27)23(32-33)25(28,29)30/h3-6,9-10,13,17H,2,7-8,11-12,14H2,1H3,(H,31,34). The van der Waals surface area contributed by atoms with Crippen molar-refractivity contribution < 1.29 is 22.7 Å². The summed E-state index contributed by atoms with van der Waals surface area (Å²) in [4.78, 5) is 12.4. The summed E-state index contributed by atoms with van der Waals surface area (Å²) in [6.07, 6.45) is -2.56. The zero-order valence-electron chi connectivity index (χ0n) is 19.0. The molecule has 0 aliphatic heterocycles. The van der Waals surface area contributed by atoms with Crippen molar-refractivity contribution in [2.45, 2.75) is 51.4 Å². The lowest BCUT2D eigenvalue weighted by molar-refractivity contribution is -0.141. The van der Waals surface area contributed by atoms with Crippen LogP contribution in [-0.4, -0.2) is 22.2 Å². The third-order valence-corrected chi connectivity index (χ3v) is 6.54. The average molecular weight is 526 g/mol. The lowest BCUT2D eigenvalue weighted by Crippen LogP contribution is -2.25. The number of benzene rings is 2. The highest BCUT2D eigenvalue weighted by Crippen LogP contribution is 2.46. The van der Waals surface area contributed by atoms with E-state index in [1.807, 2.05) is 25.1 Å². The molecule has 3 aromatic rings. The molecule has 4 rings (SSSR count). The number of nitrogens with zero attached hydrogens (tertiary/aromatic N) is 2. The number of aryl methyl sites for hydroxylation is 2. The predicted octanol–water partition coefficient (Wildman–Crippen LogP) is 6.79. The summed E-state index contributed by atoms with van der Waals surface area (Å²) in [6.45, 7) is 2.78. The van der Waals surface area contributed by atoms with Gasteiger partial charge in [0.15, 0.2) is 5.69 Å². The summed E-state index contributed by atoms with van der Waals surface area (Å²) >= 11 is 12.0. The molecule has 0 bridgehead atoms. The van der Waals surface area contributed by atoms with Crippen LogP contribution in [0.4, 0.5) is 13.2 Å². The smallest absolute Gasteiger partial charge is 0.436 e. The van der Waals surface area contributed by atoms with Gasteiger partial charge >= 0.3 is 6.18 Å². The lowest BCUT2D eigenvalue weighted by atomic mass is 10.1. The number of carbonyl (C=O) groups excluding carboxylic acids is 1. The molecule has 0 atom stereocenters. The van der Waals surface area contributed by atoms with Gasteiger partial charge in [-0.2, -0.15) is 18.3 Å². The van der Waals surface area contributed by atoms with Gasteiger partial charge in [0.05, 0.1) is 10.7 Å². The summed E-state index contributed by atoms with van der Waals surface area (Å²) in [5.41, 5.74) is 1.71. The van der Waals surface area contributed by atoms with Crippen LogP contribution in [0.25, 0.3) is 0 Å². The van der Waals surface area contributed by atoms with Crippen LogP contribution in [0.3, 0.4) is 0 Å². The van der Waals surface area contributed by atoms with Crippen LogP contribution in [0.1, 0.15) is 58.1 Å². The molecule has 2 aromatic carbocycles. The van der Waals surface area contributed by atoms with Crippen molar-refractivity contribution in [3.63, 3.8) is 0 Å². The summed E-state index contributed by atoms with van der Waals surface area (Å²) in [6, 6.07) is 12.5. The molecule has 35 heavy (non-hydrogen) atoms. The van der Waals surface area contributed by atoms with E-state index in [0.29, 0.717) is 41.6 Å². The van der Waals surface area contributed by atoms with Crippen molar-refractivity contribution >= 4 is 29.1 Å². The SMILES string of the molecule is Cc1cc(OCc2ccc(C(=O)NCCCn3nc(C(F)(F)F)c(Cl)c3C3CC3)cc2)ccc1Cl. The second-order valence-electron chi connectivity index (χ2n) is 8.55. The number of carbonyl (C=O) groups is 1. The van der Waals surface area contributed by atoms with E-state index in [4.69, 9.17) is 27.9 Å². The largest absolute Gasteiger partial charge is 0.489 e. The van der Waals surface area contributed by atoms with Crippen molar-refractivity contribution in [1.29, 1.82) is 0 Å². The zero-order valence-corrected chi connectivity index (χ0v) is 20.5. The predicted molar refractivity (Wildman–Crippen MR) is 128 cm³/mol. The van der Waals surface area contributed by atoms with E-state index >= 15 is 0 Å². The number of hydrogen-bond donors (Lipinski definition) is 1. The van der Waals surface area contributed by atoms with Crippen LogP contribution in [0.2, 0.25) is 10.0 Å². The van der Waals surface area contributed by atoms with Crippen molar-refractivity contribution in [2.75, 3.05) is 6.54 Å². The Bertz CT molecular complexity index is 1210. The molecule has 0 radical (unpaired) electrons. The Morgan fingerprint density at radius 2 is 1.89 bits per heavy atom. The number of rotatable bonds is 9. The van der Waals surface area contributed by atoms with Crippen LogP contribution in [0, 0.1) is 6.92 Å². The van der Waals surface area contributed by atoms with Gasteiger partial charge in [-0.15, -0.1) is 0 Å². The highest BCUT2D eigenvalue weighted by molar-refractivity contribution is 6.32. The highest BCUT2D eigenvalue weighted by Gasteiger charge is 2.41. The monoisotopic (exact) mass is 525 g/mol. The van der Waals surface area contributed by atoms with E-state index in [1.165, 1.54) is 4.68 Å². The topological polar surface area (TPSA) is 56.1 Å². The van der Waals surface area contributed by atoms with Gasteiger partial charge in [-0.25, -0.2) is 0 Å². The zero-order chi connectivity index (χ0) is 25.2. The molecule has 10 heteroatoms. The third kappa shape index (κ3) is 6.30. The Morgan fingerprint density at radius 1 is 1.17 bits per heavy atom. The lowest BCUT2D eigenvalue weighted by Gasteiger charge is -2.10. The minimum atomic E-state index is -4.59. The van der Waals surface area contributed by atoms with Gasteiger partial charge in [0.1, 0.15) is 12.4 Å². The Hall–Kier alpha value is -2.71. The number of halogens is 5. The van der Waals surface area contributed by atoms with Crippen molar-refractivity contribution in [1.82, 2.24) is 15.1 Å². The molecule has 5 nitrogen and oxygen atoms in total. The summed E-state index contributed by atoms with van der Waals surface area (Å²) in [7, 11) is 0. The Kier molecular flexibility index (Phi) is 7.62. The van der Waals surface area contributed by atoms with E-state index < -0.39 is 11.9 Å². The van der Waals surface area contributed by atoms with E-state index in [2.05, 4.69) is 10.4 Å². The minimum Gasteiger partial charge on any atom is -0.489 e. The molecule has 186 valence electrons. The average Bonchev–Trinajstić information content (AvgIpc) is 3.59. The van der Waals surface area contributed by atoms with Gasteiger partial charge in [-0.3, -0.25) is 9.48 Å². The molecule has 0 unspecified atom stereocenters. The van der Waals surface area contributed by atoms with Crippen molar-refractivity contribution in [2.24, 2.45) is 0 Å². The number of alkyl halides is 3. The van der Waals surface area contributed by atoms with E-state index in [-0.39, 0.29) is 23.4 Å². The normalized spacial score (nSPS) is 13.7. The maximum atomic E-state index is 13.2. The maximum absolute atomic E-state index is 13.2. The molecule has 1 heterocycles. The molecule has 0 spiro atoms. The summed E-state index contributed by atoms with van der Waals surface area (Å²) in [5, 5.41) is 6.87. The minimum absolute atomic E-state index is 0.0203. The van der Waals surface area contributed by atoms with Crippen molar-refractivity contribution in [3.8, 4) is 5.75 Å². The summed E-state index contributed by atoms with van der Waals surface area (Å²) in [5.74, 6) is 0.467. The number of hydrogen-bond acceptors (Lipinski definition) is 3. The first-order valence-electron chi connectivity index (χ1n) is 11.2. The molecule has 1 saturated carbocycles. The molecular formula is C25H24Cl2F3N3O2. The van der Waals surface area contributed by atoms with Crippen LogP contribution in [-0.2, 0) is 19.3 Å². The molecule has 1 aromatic heterocycles. The van der Waals surface area contributed by atoms with Gasteiger partial charge in [0, 0.05) is 29.6 Å². The van der Waals surface area contributed by atoms with E-state index in [0.717, 1.165) is 24.0 Å². The molecule has 0 saturated heterocycles. The van der Waals surface area contributed by atoms with Crippen LogP contribution in [0.5, 0.6) is 5.75 Å². The first-order valence-corrected chi connectivity index (χ1v) is 12.0. The van der Waals surface area contributed by atoms with Crippen LogP contribution < -0.4 is 10.1 Å². The fourth-order valence-corrected chi connectivity index (χ4v) is 4.22. The molecule has 1 aliphatic carbocycles. The third-order valence-electron chi connectivity index (χ3n) is 5.75. The Morgan fingerprint density at radius 3 is 2.51 bits per heavy atom. The van der Waals surface area contributed by atoms with E-state index in [9.17, 15) is 18.0 Å². The van der Waals surface area contributed by atoms with Gasteiger partial charge in [0.25, 0.3) is 5.91 Å². The second kappa shape index (κ2) is 10.5. The number of aromatic nitrogens is 2. The molecule has 1 amide bonds. The van der Waals surface area contributed by atoms with Gasteiger partial charge in [-0.05, 0) is 67.6 Å². The molecular weight excluding hydrogens is 502 g/mol. The van der Waals surface area contributed by atoms with Gasteiger partial charge in [-0.1, -0.05) is 35.3 Å². The van der Waals surface area contributed by atoms with Crippen LogP contribution in [0.15, 0.2) is 42.5 Å². The van der Waals surface area contributed by atoms with E-state index in [1.54, 1.807) is 24.3 Å². The van der Waals surface area contributed by atoms with Gasteiger partial charge < -0.3 is 10.1 Å². The Balaban J connectivity index is 1.27. The Labute approximate surface area is 211 Å². The van der Waals surface area contributed by atoms with Gasteiger partial charge in [0.2, 0.25) is 0 Å². The fraction of sp³-hybridized carbons (Fsp3) is 0.360. The van der Waals surface area contributed by atoms with Crippen molar-refractivity contribution in [3.05, 3.63) is 80.6 Å². The second-order valence-corrected chi connectivity index (χ2v) is 9.33. The summed E-state index contributed by atoms with van der Waals surface area (Å²) < 4.78 is 46.6. The molecule has 1 aliphatic rings. The first kappa shape index (κ1) is 25.4.